The maximum Gasteiger partial charge on any atom is 0.125 e. The molecule has 0 bridgehead atoms. The van der Waals surface area contributed by atoms with E-state index < -0.39 is 0 Å². The molecule has 0 amide bonds. The molecule has 0 saturated carbocycles. The molecule has 2 rings (SSSR count). The molecule has 2 heterocycles. The van der Waals surface area contributed by atoms with Crippen LogP contribution in [0.5, 0.6) is 0 Å². The fourth-order valence-corrected chi connectivity index (χ4v) is 3.82. The summed E-state index contributed by atoms with van der Waals surface area (Å²) in [5.41, 5.74) is 0.936. The maximum absolute atomic E-state index is 10.3. The Labute approximate surface area is 92.1 Å². The van der Waals surface area contributed by atoms with Gasteiger partial charge in [0.25, 0.3) is 0 Å². The first-order chi connectivity index (χ1) is 6.88. The van der Waals surface area contributed by atoms with Crippen LogP contribution in [0.3, 0.4) is 0 Å². The first kappa shape index (κ1) is 10.2. The summed E-state index contributed by atoms with van der Waals surface area (Å²) in [6.07, 6.45) is 3.82. The lowest BCUT2D eigenvalue weighted by atomic mass is 10.1. The molecule has 0 N–H and O–H groups in total. The highest BCUT2D eigenvalue weighted by Gasteiger charge is 2.17. The highest BCUT2D eigenvalue weighted by molar-refractivity contribution is 7.99. The Balaban J connectivity index is 1.91. The third-order valence-corrected chi connectivity index (χ3v) is 4.53. The van der Waals surface area contributed by atoms with Gasteiger partial charge in [-0.3, -0.25) is 0 Å². The normalized spacial score (nSPS) is 21.3. The van der Waals surface area contributed by atoms with Gasteiger partial charge in [-0.1, -0.05) is 0 Å². The van der Waals surface area contributed by atoms with Crippen LogP contribution in [0.1, 0.15) is 17.1 Å². The summed E-state index contributed by atoms with van der Waals surface area (Å²) in [6.45, 7) is 0. The number of carbonyl (C=O) groups is 1. The third kappa shape index (κ3) is 2.58. The van der Waals surface area contributed by atoms with Gasteiger partial charge in [-0.2, -0.15) is 11.8 Å². The topological polar surface area (TPSA) is 30.0 Å². The van der Waals surface area contributed by atoms with Gasteiger partial charge in [0, 0.05) is 18.2 Å². The molecule has 1 fully saturated rings. The van der Waals surface area contributed by atoms with Gasteiger partial charge < -0.3 is 4.79 Å². The van der Waals surface area contributed by atoms with Crippen molar-refractivity contribution in [1.82, 2.24) is 4.98 Å². The minimum atomic E-state index is 0.468. The lowest BCUT2D eigenvalue weighted by molar-refractivity contribution is -0.107. The molecule has 1 aromatic rings. The lowest BCUT2D eigenvalue weighted by Crippen LogP contribution is -2.02. The van der Waals surface area contributed by atoms with Crippen molar-refractivity contribution in [2.24, 2.45) is 5.92 Å². The SMILES string of the molecule is O=CCc1csc(CC2CCSC2)n1. The number of carbonyl (C=O) groups excluding carboxylic acids is 1. The van der Waals surface area contributed by atoms with Crippen molar-refractivity contribution in [2.45, 2.75) is 19.3 Å². The Morgan fingerprint density at radius 3 is 3.29 bits per heavy atom. The van der Waals surface area contributed by atoms with Crippen LogP contribution in [0, 0.1) is 5.92 Å². The van der Waals surface area contributed by atoms with E-state index in [0.29, 0.717) is 6.42 Å². The number of thioether (sulfide) groups is 1. The molecule has 0 spiro atoms. The van der Waals surface area contributed by atoms with Crippen molar-refractivity contribution >= 4 is 29.4 Å². The fourth-order valence-electron chi connectivity index (χ4n) is 1.61. The van der Waals surface area contributed by atoms with Gasteiger partial charge in [-0.25, -0.2) is 4.98 Å². The van der Waals surface area contributed by atoms with E-state index in [9.17, 15) is 4.79 Å². The van der Waals surface area contributed by atoms with E-state index in [-0.39, 0.29) is 0 Å². The molecule has 1 aliphatic heterocycles. The van der Waals surface area contributed by atoms with E-state index in [1.165, 1.54) is 22.9 Å². The first-order valence-electron chi connectivity index (χ1n) is 4.83. The van der Waals surface area contributed by atoms with Crippen LogP contribution in [-0.4, -0.2) is 22.8 Å². The summed E-state index contributed by atoms with van der Waals surface area (Å²) in [6, 6.07) is 0. The molecule has 1 atom stereocenters. The molecule has 76 valence electrons. The second kappa shape index (κ2) is 4.94. The Bertz CT molecular complexity index is 305. The molecule has 0 aliphatic carbocycles. The van der Waals surface area contributed by atoms with Crippen molar-refractivity contribution in [3.8, 4) is 0 Å². The van der Waals surface area contributed by atoms with Crippen molar-refractivity contribution in [2.75, 3.05) is 11.5 Å². The van der Waals surface area contributed by atoms with Crippen LogP contribution in [0.4, 0.5) is 0 Å². The van der Waals surface area contributed by atoms with Crippen molar-refractivity contribution in [1.29, 1.82) is 0 Å². The quantitative estimate of drug-likeness (QED) is 0.739. The smallest absolute Gasteiger partial charge is 0.125 e. The van der Waals surface area contributed by atoms with Crippen molar-refractivity contribution < 1.29 is 4.79 Å². The molecular formula is C10H13NOS2. The average molecular weight is 227 g/mol. The zero-order valence-corrected chi connectivity index (χ0v) is 9.57. The van der Waals surface area contributed by atoms with E-state index in [0.717, 1.165) is 24.3 Å². The van der Waals surface area contributed by atoms with E-state index in [2.05, 4.69) is 4.98 Å². The Kier molecular flexibility index (Phi) is 3.59. The Hall–Kier alpha value is -0.350. The first-order valence-corrected chi connectivity index (χ1v) is 6.86. The number of rotatable bonds is 4. The monoisotopic (exact) mass is 227 g/mol. The molecular weight excluding hydrogens is 214 g/mol. The highest BCUT2D eigenvalue weighted by Crippen LogP contribution is 2.27. The predicted octanol–water partition coefficient (Wildman–Crippen LogP) is 2.18. The van der Waals surface area contributed by atoms with Gasteiger partial charge >= 0.3 is 0 Å². The van der Waals surface area contributed by atoms with Crippen LogP contribution >= 0.6 is 23.1 Å². The number of hydrogen-bond donors (Lipinski definition) is 0. The van der Waals surface area contributed by atoms with Crippen LogP contribution in [-0.2, 0) is 17.6 Å². The van der Waals surface area contributed by atoms with Gasteiger partial charge in [0.05, 0.1) is 10.7 Å². The molecule has 0 aromatic carbocycles. The summed E-state index contributed by atoms with van der Waals surface area (Å²) in [5, 5.41) is 3.21. The van der Waals surface area contributed by atoms with E-state index in [1.54, 1.807) is 11.3 Å². The molecule has 1 unspecified atom stereocenters. The van der Waals surface area contributed by atoms with Crippen molar-refractivity contribution in [3.63, 3.8) is 0 Å². The number of hydrogen-bond acceptors (Lipinski definition) is 4. The van der Waals surface area contributed by atoms with Crippen molar-refractivity contribution in [3.05, 3.63) is 16.1 Å². The molecule has 2 nitrogen and oxygen atoms in total. The van der Waals surface area contributed by atoms with Crippen LogP contribution in [0.2, 0.25) is 0 Å². The number of aldehydes is 1. The van der Waals surface area contributed by atoms with E-state index in [4.69, 9.17) is 0 Å². The predicted molar refractivity (Wildman–Crippen MR) is 61.0 cm³/mol. The van der Waals surface area contributed by atoms with Gasteiger partial charge in [-0.15, -0.1) is 11.3 Å². The number of aromatic nitrogens is 1. The van der Waals surface area contributed by atoms with Gasteiger partial charge in [-0.05, 0) is 23.8 Å². The molecule has 0 radical (unpaired) electrons. The van der Waals surface area contributed by atoms with Gasteiger partial charge in [0.1, 0.15) is 6.29 Å². The minimum absolute atomic E-state index is 0.468. The van der Waals surface area contributed by atoms with Gasteiger partial charge in [0.2, 0.25) is 0 Å². The van der Waals surface area contributed by atoms with E-state index in [1.807, 2.05) is 17.1 Å². The molecule has 4 heteroatoms. The summed E-state index contributed by atoms with van der Waals surface area (Å²) in [7, 11) is 0. The largest absolute Gasteiger partial charge is 0.303 e. The third-order valence-electron chi connectivity index (χ3n) is 2.38. The second-order valence-corrected chi connectivity index (χ2v) is 5.63. The molecule has 14 heavy (non-hydrogen) atoms. The maximum atomic E-state index is 10.3. The van der Waals surface area contributed by atoms with Crippen LogP contribution in [0.15, 0.2) is 5.38 Å². The number of thiazole rings is 1. The van der Waals surface area contributed by atoms with Crippen LogP contribution < -0.4 is 0 Å². The minimum Gasteiger partial charge on any atom is -0.303 e. The Morgan fingerprint density at radius 2 is 2.57 bits per heavy atom. The summed E-state index contributed by atoms with van der Waals surface area (Å²) in [5.74, 6) is 3.40. The standard InChI is InChI=1S/C10H13NOS2/c12-3-1-9-7-14-10(11-9)5-8-2-4-13-6-8/h3,7-8H,1-2,4-6H2. The second-order valence-electron chi connectivity index (χ2n) is 3.54. The fraction of sp³-hybridized carbons (Fsp3) is 0.600. The highest BCUT2D eigenvalue weighted by atomic mass is 32.2. The zero-order valence-electron chi connectivity index (χ0n) is 7.94. The lowest BCUT2D eigenvalue weighted by Gasteiger charge is -2.03. The summed E-state index contributed by atoms with van der Waals surface area (Å²) in [4.78, 5) is 14.7. The average Bonchev–Trinajstić information content (AvgIpc) is 2.79. The van der Waals surface area contributed by atoms with E-state index >= 15 is 0 Å². The molecule has 1 aliphatic rings. The molecule has 1 aromatic heterocycles. The zero-order chi connectivity index (χ0) is 9.80. The van der Waals surface area contributed by atoms with Gasteiger partial charge in [0.15, 0.2) is 0 Å². The van der Waals surface area contributed by atoms with Crippen LogP contribution in [0.25, 0.3) is 0 Å². The summed E-state index contributed by atoms with van der Waals surface area (Å²) < 4.78 is 0. The molecule has 1 saturated heterocycles. The number of nitrogens with zero attached hydrogens (tertiary/aromatic N) is 1. The Morgan fingerprint density at radius 1 is 1.64 bits per heavy atom. The summed E-state index contributed by atoms with van der Waals surface area (Å²) >= 11 is 3.74.